The number of amides is 2. The molecule has 0 aliphatic carbocycles. The second kappa shape index (κ2) is 11.2. The number of fused-ring (bicyclic) bond motifs is 1. The second-order valence-electron chi connectivity index (χ2n) is 8.22. The van der Waals surface area contributed by atoms with E-state index in [1.165, 1.54) is 0 Å². The Balaban J connectivity index is 1.24. The Hall–Kier alpha value is -3.59. The van der Waals surface area contributed by atoms with Crippen molar-refractivity contribution in [2.45, 2.75) is 13.1 Å². The Morgan fingerprint density at radius 3 is 2.35 bits per heavy atom. The van der Waals surface area contributed by atoms with Gasteiger partial charge in [0.1, 0.15) is 5.82 Å². The maximum atomic E-state index is 12.2. The maximum absolute atomic E-state index is 12.2. The highest BCUT2D eigenvalue weighted by Gasteiger charge is 2.13. The number of rotatable bonds is 7. The predicted molar refractivity (Wildman–Crippen MR) is 152 cm³/mol. The first-order valence-corrected chi connectivity index (χ1v) is 12.9. The number of nitrogens with zero attached hydrogens (tertiary/aromatic N) is 3. The third-order valence-electron chi connectivity index (χ3n) is 5.63. The van der Waals surface area contributed by atoms with Crippen molar-refractivity contribution < 1.29 is 4.79 Å². The van der Waals surface area contributed by atoms with E-state index in [9.17, 15) is 4.79 Å². The van der Waals surface area contributed by atoms with Crippen molar-refractivity contribution >= 4 is 62.3 Å². The summed E-state index contributed by atoms with van der Waals surface area (Å²) in [6.45, 7) is 0.976. The largest absolute Gasteiger partial charge is 0.366 e. The summed E-state index contributed by atoms with van der Waals surface area (Å²) in [5.41, 5.74) is 5.02. The summed E-state index contributed by atoms with van der Waals surface area (Å²) in [5, 5.41) is 14.8. The molecule has 10 heteroatoms. The van der Waals surface area contributed by atoms with Crippen LogP contribution < -0.4 is 16.0 Å². The third-order valence-corrected chi connectivity index (χ3v) is 6.77. The van der Waals surface area contributed by atoms with Crippen LogP contribution in [0, 0.1) is 0 Å². The molecule has 3 aromatic carbocycles. The monoisotopic (exact) mass is 594 g/mol. The smallest absolute Gasteiger partial charge is 0.319 e. The number of nitrogens with one attached hydrogen (secondary N) is 3. The number of carbonyl (C=O) groups excluding carboxylic acids is 1. The minimum Gasteiger partial charge on any atom is -0.366 e. The molecule has 5 rings (SSSR count). The topological polar surface area (TPSA) is 83.3 Å². The number of hydrogen-bond donors (Lipinski definition) is 3. The highest BCUT2D eigenvalue weighted by molar-refractivity contribution is 9.10. The molecule has 0 fully saturated rings. The lowest BCUT2D eigenvalue weighted by Crippen LogP contribution is -2.28. The summed E-state index contributed by atoms with van der Waals surface area (Å²) in [6, 6.07) is 24.2. The fraction of sp³-hybridized carbons (Fsp3) is 0.0741. The van der Waals surface area contributed by atoms with Crippen LogP contribution in [0.15, 0.2) is 89.5 Å². The van der Waals surface area contributed by atoms with E-state index < -0.39 is 0 Å². The van der Waals surface area contributed by atoms with Crippen LogP contribution in [0.25, 0.3) is 16.9 Å². The van der Waals surface area contributed by atoms with Crippen molar-refractivity contribution in [2.24, 2.45) is 0 Å². The zero-order chi connectivity index (χ0) is 25.8. The van der Waals surface area contributed by atoms with E-state index in [0.29, 0.717) is 34.5 Å². The van der Waals surface area contributed by atoms with Crippen molar-refractivity contribution in [3.8, 4) is 11.3 Å². The first kappa shape index (κ1) is 25.1. The predicted octanol–water partition coefficient (Wildman–Crippen LogP) is 7.40. The molecule has 0 spiro atoms. The Morgan fingerprint density at radius 1 is 0.919 bits per heavy atom. The number of aromatic nitrogens is 3. The van der Waals surface area contributed by atoms with E-state index >= 15 is 0 Å². The Bertz CT molecular complexity index is 1550. The molecule has 0 saturated carbocycles. The summed E-state index contributed by atoms with van der Waals surface area (Å²) in [6.07, 6.45) is 1.72. The molecule has 37 heavy (non-hydrogen) atoms. The Kier molecular flexibility index (Phi) is 7.60. The van der Waals surface area contributed by atoms with Gasteiger partial charge >= 0.3 is 6.03 Å². The van der Waals surface area contributed by atoms with Gasteiger partial charge in [0.2, 0.25) is 0 Å². The van der Waals surface area contributed by atoms with Gasteiger partial charge in [-0.3, -0.25) is 0 Å². The van der Waals surface area contributed by atoms with Crippen molar-refractivity contribution in [1.29, 1.82) is 0 Å². The van der Waals surface area contributed by atoms with Crippen LogP contribution in [0.4, 0.5) is 16.3 Å². The van der Waals surface area contributed by atoms with Crippen LogP contribution in [0.3, 0.4) is 0 Å². The van der Waals surface area contributed by atoms with E-state index in [-0.39, 0.29) is 6.03 Å². The number of anilines is 2. The van der Waals surface area contributed by atoms with Crippen molar-refractivity contribution in [2.75, 3.05) is 10.6 Å². The fourth-order valence-corrected chi connectivity index (χ4v) is 4.43. The third kappa shape index (κ3) is 6.05. The average Bonchev–Trinajstić information content (AvgIpc) is 3.29. The molecule has 3 N–H and O–H groups in total. The molecule has 0 bridgehead atoms. The van der Waals surface area contributed by atoms with Gasteiger partial charge in [0.25, 0.3) is 0 Å². The van der Waals surface area contributed by atoms with Crippen molar-refractivity contribution in [3.05, 3.63) is 111 Å². The molecule has 2 heterocycles. The van der Waals surface area contributed by atoms with E-state index in [0.717, 1.165) is 32.7 Å². The first-order valence-electron chi connectivity index (χ1n) is 11.4. The summed E-state index contributed by atoms with van der Waals surface area (Å²) < 4.78 is 2.54. The number of urea groups is 1. The van der Waals surface area contributed by atoms with Gasteiger partial charge in [-0.05, 0) is 57.4 Å². The molecule has 7 nitrogen and oxygen atoms in total. The van der Waals surface area contributed by atoms with E-state index in [2.05, 4.69) is 37.0 Å². The van der Waals surface area contributed by atoms with Gasteiger partial charge in [0.15, 0.2) is 5.65 Å². The van der Waals surface area contributed by atoms with Crippen LogP contribution in [0.5, 0.6) is 0 Å². The Morgan fingerprint density at radius 2 is 1.62 bits per heavy atom. The molecule has 186 valence electrons. The molecule has 0 radical (unpaired) electrons. The summed E-state index contributed by atoms with van der Waals surface area (Å²) >= 11 is 15.8. The van der Waals surface area contributed by atoms with E-state index in [4.69, 9.17) is 28.2 Å². The van der Waals surface area contributed by atoms with Crippen LogP contribution >= 0.6 is 39.1 Å². The highest BCUT2D eigenvalue weighted by atomic mass is 79.9. The number of carbonyl (C=O) groups is 1. The fourth-order valence-electron chi connectivity index (χ4n) is 3.73. The zero-order valence-corrected chi connectivity index (χ0v) is 22.5. The molecular weight excluding hydrogens is 575 g/mol. The van der Waals surface area contributed by atoms with Gasteiger partial charge in [-0.15, -0.1) is 0 Å². The quantitative estimate of drug-likeness (QED) is 0.183. The standard InChI is InChI=1S/C27H21BrCl2N6O/c28-22-16-33-36-25(13-24(35-26(22)36)21-3-1-2-4-23(21)30)31-14-17-5-7-18(8-6-17)15-32-27(37)34-20-11-9-19(29)10-12-20/h1-13,16,31H,14-15H2,(H2,32,34,37). The van der Waals surface area contributed by atoms with Crippen LogP contribution in [-0.4, -0.2) is 20.6 Å². The number of hydrogen-bond acceptors (Lipinski definition) is 4. The van der Waals surface area contributed by atoms with Crippen molar-refractivity contribution in [3.63, 3.8) is 0 Å². The molecule has 0 saturated heterocycles. The van der Waals surface area contributed by atoms with Gasteiger partial charge in [0.05, 0.1) is 16.4 Å². The van der Waals surface area contributed by atoms with Crippen LogP contribution in [-0.2, 0) is 13.1 Å². The lowest BCUT2D eigenvalue weighted by atomic mass is 10.1. The number of benzene rings is 3. The molecule has 0 aliphatic heterocycles. The molecule has 2 aromatic heterocycles. The summed E-state index contributed by atoms with van der Waals surface area (Å²) in [4.78, 5) is 16.9. The van der Waals surface area contributed by atoms with Gasteiger partial charge in [-0.25, -0.2) is 9.78 Å². The normalized spacial score (nSPS) is 10.9. The van der Waals surface area contributed by atoms with Gasteiger partial charge < -0.3 is 16.0 Å². The van der Waals surface area contributed by atoms with Gasteiger partial charge in [0, 0.05) is 40.5 Å². The van der Waals surface area contributed by atoms with Gasteiger partial charge in [-0.1, -0.05) is 65.7 Å². The highest BCUT2D eigenvalue weighted by Crippen LogP contribution is 2.30. The molecule has 0 atom stereocenters. The molecule has 5 aromatic rings. The molecule has 2 amide bonds. The summed E-state index contributed by atoms with van der Waals surface area (Å²) in [5.74, 6) is 0.787. The molecule has 0 aliphatic rings. The minimum absolute atomic E-state index is 0.283. The second-order valence-corrected chi connectivity index (χ2v) is 9.92. The van der Waals surface area contributed by atoms with Crippen LogP contribution in [0.1, 0.15) is 11.1 Å². The van der Waals surface area contributed by atoms with Crippen molar-refractivity contribution in [1.82, 2.24) is 19.9 Å². The zero-order valence-electron chi connectivity index (χ0n) is 19.4. The summed E-state index contributed by atoms with van der Waals surface area (Å²) in [7, 11) is 0. The SMILES string of the molecule is O=C(NCc1ccc(CNc2cc(-c3ccccc3Cl)nc3c(Br)cnn23)cc1)Nc1ccc(Cl)cc1. The molecule has 0 unspecified atom stereocenters. The van der Waals surface area contributed by atoms with Gasteiger partial charge in [-0.2, -0.15) is 9.61 Å². The Labute approximate surface area is 232 Å². The van der Waals surface area contributed by atoms with E-state index in [1.807, 2.05) is 54.6 Å². The maximum Gasteiger partial charge on any atom is 0.319 e. The lowest BCUT2D eigenvalue weighted by molar-refractivity contribution is 0.251. The average molecular weight is 596 g/mol. The first-order chi connectivity index (χ1) is 18.0. The molecular formula is C27H21BrCl2N6O. The van der Waals surface area contributed by atoms with Crippen LogP contribution in [0.2, 0.25) is 10.0 Å². The minimum atomic E-state index is -0.283. The van der Waals surface area contributed by atoms with E-state index in [1.54, 1.807) is 35.0 Å². The lowest BCUT2D eigenvalue weighted by Gasteiger charge is -2.12. The number of halogens is 3.